The Kier molecular flexibility index (Phi) is 6.46. The Morgan fingerprint density at radius 3 is 2.71 bits per heavy atom. The molecule has 0 bridgehead atoms. The summed E-state index contributed by atoms with van der Waals surface area (Å²) in [6.07, 6.45) is 0.409. The van der Waals surface area contributed by atoms with Crippen molar-refractivity contribution in [2.45, 2.75) is 36.8 Å². The Hall–Kier alpha value is -2.68. The second-order valence-corrected chi connectivity index (χ2v) is 11.4. The van der Waals surface area contributed by atoms with E-state index in [1.54, 1.807) is 0 Å². The van der Waals surface area contributed by atoms with Crippen molar-refractivity contribution in [2.24, 2.45) is 0 Å². The average molecular weight is 499 g/mol. The van der Waals surface area contributed by atoms with Crippen LogP contribution in [0.25, 0.3) is 0 Å². The summed E-state index contributed by atoms with van der Waals surface area (Å²) >= 11 is 6.15. The highest BCUT2D eigenvalue weighted by Crippen LogP contribution is 2.39. The number of hydrogen-bond donors (Lipinski definition) is 1. The molecular weight excluding hydrogens is 472 g/mol. The first-order chi connectivity index (χ1) is 16.4. The second-order valence-electron chi connectivity index (χ2n) is 8.92. The fourth-order valence-electron chi connectivity index (χ4n) is 4.40. The highest BCUT2D eigenvalue weighted by Gasteiger charge is 2.38. The Balaban J connectivity index is 1.29. The number of benzene rings is 2. The van der Waals surface area contributed by atoms with Gasteiger partial charge in [0.2, 0.25) is 5.95 Å². The van der Waals surface area contributed by atoms with Crippen LogP contribution in [-0.2, 0) is 27.6 Å². The molecule has 3 aromatic rings. The van der Waals surface area contributed by atoms with Crippen LogP contribution in [0.4, 0.5) is 11.8 Å². The van der Waals surface area contributed by atoms with Gasteiger partial charge in [-0.1, -0.05) is 54.1 Å². The summed E-state index contributed by atoms with van der Waals surface area (Å²) < 4.78 is 31.3. The molecule has 1 saturated heterocycles. The van der Waals surface area contributed by atoms with Crippen molar-refractivity contribution < 1.29 is 13.2 Å². The number of anilines is 2. The van der Waals surface area contributed by atoms with E-state index in [0.29, 0.717) is 55.2 Å². The number of nitrogens with one attached hydrogen (secondary N) is 1. The summed E-state index contributed by atoms with van der Waals surface area (Å²) in [6.45, 7) is 4.38. The molecule has 0 amide bonds. The fourth-order valence-corrected chi connectivity index (χ4v) is 6.22. The highest BCUT2D eigenvalue weighted by molar-refractivity contribution is 7.91. The van der Waals surface area contributed by atoms with Gasteiger partial charge in [0.1, 0.15) is 4.90 Å². The zero-order chi connectivity index (χ0) is 23.7. The maximum Gasteiger partial charge on any atom is 0.225 e. The van der Waals surface area contributed by atoms with Gasteiger partial charge in [-0.05, 0) is 30.2 Å². The Morgan fingerprint density at radius 1 is 1.15 bits per heavy atom. The molecule has 1 atom stereocenters. The summed E-state index contributed by atoms with van der Waals surface area (Å²) in [5.74, 6) is 1.30. The van der Waals surface area contributed by atoms with Crippen LogP contribution in [0.1, 0.15) is 29.7 Å². The number of fused-ring (bicyclic) bond motifs is 1. The van der Waals surface area contributed by atoms with E-state index in [1.807, 2.05) is 60.4 Å². The third kappa shape index (κ3) is 4.89. The van der Waals surface area contributed by atoms with E-state index in [4.69, 9.17) is 16.3 Å². The lowest BCUT2D eigenvalue weighted by Gasteiger charge is -2.41. The van der Waals surface area contributed by atoms with Gasteiger partial charge in [-0.15, -0.1) is 0 Å². The van der Waals surface area contributed by atoms with Crippen molar-refractivity contribution in [3.8, 4) is 0 Å². The third-order valence-electron chi connectivity index (χ3n) is 6.19. The van der Waals surface area contributed by atoms with Crippen LogP contribution in [0.3, 0.4) is 0 Å². The van der Waals surface area contributed by atoms with Crippen LogP contribution >= 0.6 is 11.6 Å². The topological polar surface area (TPSA) is 84.4 Å². The van der Waals surface area contributed by atoms with Gasteiger partial charge in [0, 0.05) is 36.5 Å². The lowest BCUT2D eigenvalue weighted by Crippen LogP contribution is -2.46. The molecule has 0 radical (unpaired) electrons. The van der Waals surface area contributed by atoms with Gasteiger partial charge < -0.3 is 15.0 Å². The van der Waals surface area contributed by atoms with Gasteiger partial charge in [0.05, 0.1) is 24.7 Å². The molecule has 0 aliphatic carbocycles. The molecule has 0 unspecified atom stereocenters. The summed E-state index contributed by atoms with van der Waals surface area (Å²) in [5.41, 5.74) is 2.86. The maximum absolute atomic E-state index is 12.8. The highest BCUT2D eigenvalue weighted by atomic mass is 35.5. The van der Waals surface area contributed by atoms with Crippen LogP contribution < -0.4 is 10.2 Å². The van der Waals surface area contributed by atoms with Crippen molar-refractivity contribution in [3.05, 3.63) is 76.4 Å². The molecule has 5 rings (SSSR count). The summed E-state index contributed by atoms with van der Waals surface area (Å²) in [5, 5.41) is 4.00. The minimum absolute atomic E-state index is 0.0387. The van der Waals surface area contributed by atoms with E-state index in [1.165, 1.54) is 0 Å². The van der Waals surface area contributed by atoms with Gasteiger partial charge in [0.25, 0.3) is 0 Å². The van der Waals surface area contributed by atoms with Gasteiger partial charge in [0.15, 0.2) is 15.7 Å². The molecule has 0 saturated carbocycles. The van der Waals surface area contributed by atoms with E-state index in [2.05, 4.69) is 21.4 Å². The van der Waals surface area contributed by atoms with E-state index in [-0.39, 0.29) is 22.6 Å². The van der Waals surface area contributed by atoms with Crippen LogP contribution in [-0.4, -0.2) is 49.9 Å². The number of rotatable bonds is 8. The zero-order valence-corrected chi connectivity index (χ0v) is 20.5. The molecule has 34 heavy (non-hydrogen) atoms. The number of sulfone groups is 1. The lowest BCUT2D eigenvalue weighted by molar-refractivity contribution is 0.115. The smallest absolute Gasteiger partial charge is 0.225 e. The molecule has 0 spiro atoms. The number of aryl methyl sites for hydroxylation is 1. The maximum atomic E-state index is 12.8. The Bertz CT molecular complexity index is 1280. The van der Waals surface area contributed by atoms with Crippen molar-refractivity contribution >= 4 is 33.2 Å². The molecule has 1 fully saturated rings. The quantitative estimate of drug-likeness (QED) is 0.501. The SMILES string of the molecule is C[C@H](COCc1ccccc1)Nc1nc2c(c(N3CC(c4cccc(Cl)c4)C3)n1)S(=O)(=O)CC2. The van der Waals surface area contributed by atoms with Crippen LogP contribution in [0.15, 0.2) is 59.5 Å². The molecule has 3 heterocycles. The van der Waals surface area contributed by atoms with Crippen LogP contribution in [0, 0.1) is 0 Å². The predicted molar refractivity (Wildman–Crippen MR) is 133 cm³/mol. The molecule has 178 valence electrons. The normalized spacial score (nSPS) is 17.8. The summed E-state index contributed by atoms with van der Waals surface area (Å²) in [7, 11) is -3.38. The fraction of sp³-hybridized carbons (Fsp3) is 0.360. The van der Waals surface area contributed by atoms with Crippen molar-refractivity contribution in [1.82, 2.24) is 9.97 Å². The largest absolute Gasteiger partial charge is 0.375 e. The molecule has 1 aromatic heterocycles. The number of nitrogens with zero attached hydrogens (tertiary/aromatic N) is 3. The zero-order valence-electron chi connectivity index (χ0n) is 18.9. The molecular formula is C25H27ClN4O3S. The Morgan fingerprint density at radius 2 is 1.94 bits per heavy atom. The first-order valence-electron chi connectivity index (χ1n) is 11.4. The Labute approximate surface area is 205 Å². The van der Waals surface area contributed by atoms with Gasteiger partial charge in [-0.25, -0.2) is 13.4 Å². The molecule has 2 aliphatic heterocycles. The first-order valence-corrected chi connectivity index (χ1v) is 13.4. The monoisotopic (exact) mass is 498 g/mol. The summed E-state index contributed by atoms with van der Waals surface area (Å²) in [4.78, 5) is 11.5. The number of halogens is 1. The molecule has 7 nitrogen and oxygen atoms in total. The molecule has 9 heteroatoms. The minimum atomic E-state index is -3.38. The van der Waals surface area contributed by atoms with Crippen LogP contribution in [0.5, 0.6) is 0 Å². The molecule has 2 aromatic carbocycles. The average Bonchev–Trinajstić information content (AvgIpc) is 3.08. The van der Waals surface area contributed by atoms with Crippen molar-refractivity contribution in [3.63, 3.8) is 0 Å². The summed E-state index contributed by atoms with van der Waals surface area (Å²) in [6, 6.07) is 17.8. The van der Waals surface area contributed by atoms with Gasteiger partial charge in [-0.2, -0.15) is 4.98 Å². The van der Waals surface area contributed by atoms with Crippen molar-refractivity contribution in [2.75, 3.05) is 35.7 Å². The second kappa shape index (κ2) is 9.52. The number of ether oxygens (including phenoxy) is 1. The first kappa shape index (κ1) is 23.1. The van der Waals surface area contributed by atoms with E-state index >= 15 is 0 Å². The van der Waals surface area contributed by atoms with Crippen molar-refractivity contribution in [1.29, 1.82) is 0 Å². The van der Waals surface area contributed by atoms with Crippen LogP contribution in [0.2, 0.25) is 5.02 Å². The predicted octanol–water partition coefficient (Wildman–Crippen LogP) is 4.08. The molecule has 1 N–H and O–H groups in total. The van der Waals surface area contributed by atoms with Gasteiger partial charge in [-0.3, -0.25) is 0 Å². The lowest BCUT2D eigenvalue weighted by atomic mass is 9.91. The van der Waals surface area contributed by atoms with E-state index < -0.39 is 9.84 Å². The standard InChI is InChI=1S/C25H27ClN4O3S/c1-17(15-33-16-18-6-3-2-4-7-18)27-25-28-22-10-11-34(31,32)23(22)24(29-25)30-13-20(14-30)19-8-5-9-21(26)12-19/h2-9,12,17,20H,10-11,13-16H2,1H3,(H,27,28,29)/t17-/m1/s1. The number of aromatic nitrogens is 2. The van der Waals surface area contributed by atoms with Gasteiger partial charge >= 0.3 is 0 Å². The third-order valence-corrected chi connectivity index (χ3v) is 8.21. The minimum Gasteiger partial charge on any atom is -0.375 e. The van der Waals surface area contributed by atoms with E-state index in [9.17, 15) is 8.42 Å². The molecule has 2 aliphatic rings. The number of hydrogen-bond acceptors (Lipinski definition) is 7. The van der Waals surface area contributed by atoms with E-state index in [0.717, 1.165) is 11.1 Å².